The summed E-state index contributed by atoms with van der Waals surface area (Å²) in [5, 5.41) is 12.9. The number of likely N-dealkylation sites (tertiary alicyclic amines) is 3. The SMILES string of the molecule is NC(C(=O)N1CCC[C@H]1c1ncc(-c2ccc(C#Cc3ccc(-c4cnc([C@@H]5CCCN5C(=O)[C@H](NC(=O)N5CCC(O)CC5)c5ccccc5)[nH]4)cc3)cc2)[nH]1)c1ccccc1. The van der Waals surface area contributed by atoms with E-state index in [0.29, 0.717) is 44.8 Å². The molecule has 1 unspecified atom stereocenters. The Kier molecular flexibility index (Phi) is 12.2. The van der Waals surface area contributed by atoms with Crippen LogP contribution in [0.3, 0.4) is 0 Å². The summed E-state index contributed by atoms with van der Waals surface area (Å²) in [6.45, 7) is 2.10. The molecule has 0 aliphatic carbocycles. The number of carbonyl (C=O) groups excluding carboxylic acids is 3. The topological polar surface area (TPSA) is 177 Å². The van der Waals surface area contributed by atoms with Crippen LogP contribution in [0, 0.1) is 11.8 Å². The monoisotopic (exact) mass is 841 g/mol. The van der Waals surface area contributed by atoms with Gasteiger partial charge in [0.2, 0.25) is 11.8 Å². The Hall–Kier alpha value is -7.01. The molecule has 0 bridgehead atoms. The summed E-state index contributed by atoms with van der Waals surface area (Å²) in [5.74, 6) is 7.74. The van der Waals surface area contributed by atoms with Crippen LogP contribution in [0.2, 0.25) is 0 Å². The largest absolute Gasteiger partial charge is 0.393 e. The fraction of sp³-hybridized carbons (Fsp3) is 0.300. The number of imidazole rings is 2. The van der Waals surface area contributed by atoms with Crippen LogP contribution >= 0.6 is 0 Å². The number of aliphatic hydroxyl groups is 1. The summed E-state index contributed by atoms with van der Waals surface area (Å²) in [5.41, 5.74) is 13.3. The van der Waals surface area contributed by atoms with E-state index in [2.05, 4.69) is 32.1 Å². The third-order valence-electron chi connectivity index (χ3n) is 12.5. The Morgan fingerprint density at radius 2 is 1.11 bits per heavy atom. The molecule has 4 amide bonds. The Morgan fingerprint density at radius 3 is 1.62 bits per heavy atom. The molecule has 5 heterocycles. The molecule has 0 spiro atoms. The van der Waals surface area contributed by atoms with Crippen LogP contribution in [0.15, 0.2) is 122 Å². The number of urea groups is 1. The maximum Gasteiger partial charge on any atom is 0.318 e. The van der Waals surface area contributed by atoms with E-state index in [1.807, 2.05) is 125 Å². The smallest absolute Gasteiger partial charge is 0.318 e. The lowest BCUT2D eigenvalue weighted by Gasteiger charge is -2.33. The fourth-order valence-corrected chi connectivity index (χ4v) is 8.91. The van der Waals surface area contributed by atoms with Crippen molar-refractivity contribution in [3.8, 4) is 34.4 Å². The standard InChI is InChI=1S/C50H51N9O4/c51-44(37-9-3-1-4-10-37)48(61)58-27-7-13-42(58)46-52-31-40(54-46)35-21-17-33(18-22-35)15-16-34-19-23-36(24-20-34)41-32-53-47(55-41)43-14-8-28-59(43)49(62)45(38-11-5-2-6-12-38)56-50(63)57-29-25-39(60)26-30-57/h1-6,9-12,17-24,31-32,39,42-45,60H,7-8,13-14,25-30,51H2,(H,52,54)(H,53,55)(H,56,63)/t42-,43-,44?,45+/m0/s1. The van der Waals surface area contributed by atoms with E-state index >= 15 is 0 Å². The molecule has 2 aromatic heterocycles. The summed E-state index contributed by atoms with van der Waals surface area (Å²) < 4.78 is 0. The van der Waals surface area contributed by atoms with Crippen molar-refractivity contribution in [1.29, 1.82) is 0 Å². The van der Waals surface area contributed by atoms with Gasteiger partial charge in [-0.1, -0.05) is 96.8 Å². The van der Waals surface area contributed by atoms with Crippen molar-refractivity contribution in [2.24, 2.45) is 5.73 Å². The molecule has 3 aliphatic heterocycles. The zero-order chi connectivity index (χ0) is 43.3. The molecule has 6 N–H and O–H groups in total. The average molecular weight is 842 g/mol. The van der Waals surface area contributed by atoms with Gasteiger partial charge in [0.05, 0.1) is 42.0 Å². The highest BCUT2D eigenvalue weighted by Gasteiger charge is 2.38. The number of aromatic nitrogens is 4. The van der Waals surface area contributed by atoms with E-state index in [4.69, 9.17) is 10.7 Å². The second-order valence-electron chi connectivity index (χ2n) is 16.5. The van der Waals surface area contributed by atoms with Gasteiger partial charge >= 0.3 is 6.03 Å². The number of aromatic amines is 2. The van der Waals surface area contributed by atoms with Crippen molar-refractivity contribution in [3.05, 3.63) is 155 Å². The first kappa shape index (κ1) is 41.3. The molecule has 3 fully saturated rings. The highest BCUT2D eigenvalue weighted by Crippen LogP contribution is 2.35. The number of nitrogens with zero attached hydrogens (tertiary/aromatic N) is 5. The maximum atomic E-state index is 14.3. The van der Waals surface area contributed by atoms with Gasteiger partial charge in [-0.2, -0.15) is 0 Å². The molecule has 0 radical (unpaired) electrons. The molecule has 9 rings (SSSR count). The molecular formula is C50H51N9O4. The summed E-state index contributed by atoms with van der Waals surface area (Å²) in [6, 6.07) is 32.5. The Morgan fingerprint density at radius 1 is 0.635 bits per heavy atom. The van der Waals surface area contributed by atoms with Crippen LogP contribution in [0.4, 0.5) is 4.79 Å². The number of piperidine rings is 1. The number of hydrogen-bond acceptors (Lipinski definition) is 7. The second kappa shape index (κ2) is 18.5. The molecule has 3 saturated heterocycles. The van der Waals surface area contributed by atoms with Gasteiger partial charge in [0, 0.05) is 37.3 Å². The van der Waals surface area contributed by atoms with Gasteiger partial charge in [0.25, 0.3) is 0 Å². The van der Waals surface area contributed by atoms with E-state index in [-0.39, 0.29) is 29.9 Å². The normalized spacial score (nSPS) is 18.7. The number of amides is 4. The van der Waals surface area contributed by atoms with Gasteiger partial charge < -0.3 is 40.8 Å². The molecule has 320 valence electrons. The number of benzene rings is 4. The van der Waals surface area contributed by atoms with Crippen molar-refractivity contribution in [2.45, 2.75) is 68.8 Å². The molecular weight excluding hydrogens is 791 g/mol. The number of carbonyl (C=O) groups is 3. The Labute approximate surface area is 366 Å². The number of rotatable bonds is 9. The van der Waals surface area contributed by atoms with Gasteiger partial charge in [0.15, 0.2) is 0 Å². The van der Waals surface area contributed by atoms with E-state index in [1.165, 1.54) is 0 Å². The van der Waals surface area contributed by atoms with Crippen molar-refractivity contribution >= 4 is 17.8 Å². The first-order valence-electron chi connectivity index (χ1n) is 21.8. The van der Waals surface area contributed by atoms with Gasteiger partial charge in [-0.15, -0.1) is 0 Å². The minimum absolute atomic E-state index is 0.0922. The second-order valence-corrected chi connectivity index (χ2v) is 16.5. The first-order valence-corrected chi connectivity index (χ1v) is 21.8. The molecule has 4 atom stereocenters. The predicted octanol–water partition coefficient (Wildman–Crippen LogP) is 6.80. The van der Waals surface area contributed by atoms with E-state index in [1.54, 1.807) is 11.1 Å². The van der Waals surface area contributed by atoms with Gasteiger partial charge in [-0.3, -0.25) is 9.59 Å². The molecule has 3 aliphatic rings. The summed E-state index contributed by atoms with van der Waals surface area (Å²) >= 11 is 0. The number of nitrogens with two attached hydrogens (primary N) is 1. The van der Waals surface area contributed by atoms with Crippen molar-refractivity contribution in [2.75, 3.05) is 26.2 Å². The van der Waals surface area contributed by atoms with E-state index in [0.717, 1.165) is 76.3 Å². The number of aliphatic hydroxyl groups excluding tert-OH is 1. The van der Waals surface area contributed by atoms with Crippen LogP contribution in [0.25, 0.3) is 22.5 Å². The summed E-state index contributed by atoms with van der Waals surface area (Å²) in [4.78, 5) is 62.7. The molecule has 6 aromatic rings. The highest BCUT2D eigenvalue weighted by molar-refractivity contribution is 5.89. The van der Waals surface area contributed by atoms with Crippen LogP contribution in [0.1, 0.15) is 96.6 Å². The number of hydrogen-bond donors (Lipinski definition) is 5. The van der Waals surface area contributed by atoms with Crippen LogP contribution in [-0.2, 0) is 9.59 Å². The molecule has 4 aromatic carbocycles. The lowest BCUT2D eigenvalue weighted by Crippen LogP contribution is -2.50. The van der Waals surface area contributed by atoms with Crippen molar-refractivity contribution in [1.82, 2.24) is 40.0 Å². The molecule has 63 heavy (non-hydrogen) atoms. The Bertz CT molecular complexity index is 2590. The van der Waals surface area contributed by atoms with Gasteiger partial charge in [-0.05, 0) is 85.0 Å². The third kappa shape index (κ3) is 9.14. The van der Waals surface area contributed by atoms with E-state index < -0.39 is 18.2 Å². The van der Waals surface area contributed by atoms with Crippen LogP contribution < -0.4 is 11.1 Å². The minimum Gasteiger partial charge on any atom is -0.393 e. The minimum atomic E-state index is -0.852. The van der Waals surface area contributed by atoms with Crippen LogP contribution in [0.5, 0.6) is 0 Å². The number of nitrogens with one attached hydrogen (secondary N) is 3. The molecule has 0 saturated carbocycles. The highest BCUT2D eigenvalue weighted by atomic mass is 16.3. The predicted molar refractivity (Wildman–Crippen MR) is 239 cm³/mol. The Balaban J connectivity index is 0.826. The quantitative estimate of drug-likeness (QED) is 0.0995. The van der Waals surface area contributed by atoms with Crippen molar-refractivity contribution < 1.29 is 19.5 Å². The number of H-pyrrole nitrogens is 2. The van der Waals surface area contributed by atoms with Gasteiger partial charge in [0.1, 0.15) is 23.7 Å². The third-order valence-corrected chi connectivity index (χ3v) is 12.5. The fourth-order valence-electron chi connectivity index (χ4n) is 8.91. The molecule has 13 nitrogen and oxygen atoms in total. The lowest BCUT2D eigenvalue weighted by molar-refractivity contribution is -0.135. The zero-order valence-electron chi connectivity index (χ0n) is 35.0. The van der Waals surface area contributed by atoms with Crippen LogP contribution in [-0.4, -0.2) is 89.9 Å². The maximum absolute atomic E-state index is 14.3. The summed E-state index contributed by atoms with van der Waals surface area (Å²) in [7, 11) is 0. The van der Waals surface area contributed by atoms with Crippen molar-refractivity contribution in [3.63, 3.8) is 0 Å². The average Bonchev–Trinajstić information content (AvgIpc) is 4.18. The van der Waals surface area contributed by atoms with Gasteiger partial charge in [-0.25, -0.2) is 14.8 Å². The van der Waals surface area contributed by atoms with E-state index in [9.17, 15) is 19.5 Å². The first-order chi connectivity index (χ1) is 30.8. The molecule has 13 heteroatoms. The zero-order valence-corrected chi connectivity index (χ0v) is 35.0. The lowest BCUT2D eigenvalue weighted by atomic mass is 10.0. The summed E-state index contributed by atoms with van der Waals surface area (Å²) in [6.07, 6.45) is 7.54.